The van der Waals surface area contributed by atoms with Gasteiger partial charge in [0.25, 0.3) is 0 Å². The van der Waals surface area contributed by atoms with Crippen molar-refractivity contribution in [2.45, 2.75) is 18.6 Å². The van der Waals surface area contributed by atoms with Crippen LogP contribution in [0.3, 0.4) is 0 Å². The average molecular weight is 510 g/mol. The van der Waals surface area contributed by atoms with Gasteiger partial charge in [-0.25, -0.2) is 0 Å². The van der Waals surface area contributed by atoms with E-state index in [1.54, 1.807) is 6.07 Å². The molecule has 1 aliphatic rings. The van der Waals surface area contributed by atoms with Crippen molar-refractivity contribution in [3.63, 3.8) is 0 Å². The van der Waals surface area contributed by atoms with E-state index in [-0.39, 0.29) is 6.04 Å². The van der Waals surface area contributed by atoms with Crippen LogP contribution in [0, 0.1) is 0 Å². The molecular weight excluding hydrogens is 486 g/mol. The minimum absolute atomic E-state index is 0.0369. The lowest BCUT2D eigenvalue weighted by molar-refractivity contribution is 0.0103. The number of benzene rings is 3. The molecule has 1 fully saturated rings. The third kappa shape index (κ3) is 5.36. The van der Waals surface area contributed by atoms with Gasteiger partial charge in [0, 0.05) is 41.2 Å². The third-order valence-electron chi connectivity index (χ3n) is 5.92. The van der Waals surface area contributed by atoms with E-state index in [9.17, 15) is 5.11 Å². The molecule has 0 saturated carbocycles. The largest absolute Gasteiger partial charge is 0.384 e. The normalized spacial score (nSPS) is 19.1. The maximum Gasteiger partial charge on any atom is 0.0995 e. The van der Waals surface area contributed by atoms with Gasteiger partial charge in [0.05, 0.1) is 22.4 Å². The van der Waals surface area contributed by atoms with Crippen molar-refractivity contribution < 1.29 is 5.11 Å². The Balaban J connectivity index is 1.62. The maximum absolute atomic E-state index is 11.2. The highest BCUT2D eigenvalue weighted by Gasteiger charge is 2.34. The zero-order chi connectivity index (χ0) is 22.9. The highest BCUT2D eigenvalue weighted by molar-refractivity contribution is 6.36. The highest BCUT2D eigenvalue weighted by atomic mass is 35.5. The molecule has 1 saturated heterocycles. The van der Waals surface area contributed by atoms with Crippen LogP contribution in [0.2, 0.25) is 20.1 Å². The molecule has 0 aromatic heterocycles. The maximum atomic E-state index is 11.2. The van der Waals surface area contributed by atoms with Crippen molar-refractivity contribution >= 4 is 52.1 Å². The van der Waals surface area contributed by atoms with E-state index >= 15 is 0 Å². The number of β-amino-alcohol motifs (C(OH)–C–C–N with tert-alkyl or cyclic N) is 1. The summed E-state index contributed by atoms with van der Waals surface area (Å²) in [6.45, 7) is 4.56. The van der Waals surface area contributed by atoms with Gasteiger partial charge in [-0.05, 0) is 60.5 Å². The van der Waals surface area contributed by atoms with Crippen molar-refractivity contribution in [2.24, 2.45) is 0 Å². The van der Waals surface area contributed by atoms with Crippen molar-refractivity contribution in [3.8, 4) is 0 Å². The minimum atomic E-state index is -1.03. The molecule has 7 heteroatoms. The van der Waals surface area contributed by atoms with Gasteiger partial charge >= 0.3 is 0 Å². The van der Waals surface area contributed by atoms with E-state index in [1.165, 1.54) is 0 Å². The first-order valence-electron chi connectivity index (χ1n) is 10.4. The number of anilines is 1. The van der Waals surface area contributed by atoms with Crippen LogP contribution in [0.25, 0.3) is 0 Å². The highest BCUT2D eigenvalue weighted by Crippen LogP contribution is 2.37. The van der Waals surface area contributed by atoms with Gasteiger partial charge in [-0.1, -0.05) is 70.7 Å². The zero-order valence-electron chi connectivity index (χ0n) is 17.6. The Morgan fingerprint density at radius 3 is 2.25 bits per heavy atom. The lowest BCUT2D eigenvalue weighted by Crippen LogP contribution is -2.52. The van der Waals surface area contributed by atoms with Gasteiger partial charge in [0.2, 0.25) is 0 Å². The van der Waals surface area contributed by atoms with Crippen molar-refractivity contribution in [1.29, 1.82) is 0 Å². The number of nitrogens with zero attached hydrogens (tertiary/aromatic N) is 2. The summed E-state index contributed by atoms with van der Waals surface area (Å²) in [6, 6.07) is 20.9. The monoisotopic (exact) mass is 508 g/mol. The summed E-state index contributed by atoms with van der Waals surface area (Å²) in [6.07, 6.45) is 0. The lowest BCUT2D eigenvalue weighted by atomic mass is 9.94. The first kappa shape index (κ1) is 23.7. The van der Waals surface area contributed by atoms with E-state index < -0.39 is 5.60 Å². The second-order valence-electron chi connectivity index (χ2n) is 8.38. The number of piperazine rings is 1. The third-order valence-corrected chi connectivity index (χ3v) is 6.94. The summed E-state index contributed by atoms with van der Waals surface area (Å²) >= 11 is 25.0. The van der Waals surface area contributed by atoms with Crippen LogP contribution in [0.15, 0.2) is 66.7 Å². The lowest BCUT2D eigenvalue weighted by Gasteiger charge is -2.45. The van der Waals surface area contributed by atoms with Crippen molar-refractivity contribution in [3.05, 3.63) is 97.9 Å². The number of hydrogen-bond acceptors (Lipinski definition) is 3. The van der Waals surface area contributed by atoms with E-state index in [4.69, 9.17) is 46.4 Å². The first-order chi connectivity index (χ1) is 15.2. The molecule has 4 rings (SSSR count). The predicted octanol–water partition coefficient (Wildman–Crippen LogP) is 7.07. The summed E-state index contributed by atoms with van der Waals surface area (Å²) in [4.78, 5) is 4.58. The van der Waals surface area contributed by atoms with Crippen LogP contribution in [0.5, 0.6) is 0 Å². The Morgan fingerprint density at radius 2 is 1.56 bits per heavy atom. The van der Waals surface area contributed by atoms with Crippen LogP contribution >= 0.6 is 46.4 Å². The Kier molecular flexibility index (Phi) is 7.26. The fourth-order valence-electron chi connectivity index (χ4n) is 4.31. The number of rotatable bonds is 5. The van der Waals surface area contributed by atoms with Gasteiger partial charge in [-0.3, -0.25) is 4.90 Å². The molecule has 0 bridgehead atoms. The summed E-state index contributed by atoms with van der Waals surface area (Å²) < 4.78 is 0. The Labute approximate surface area is 209 Å². The summed E-state index contributed by atoms with van der Waals surface area (Å²) in [5.74, 6) is 0. The Hall–Kier alpha value is -1.46. The van der Waals surface area contributed by atoms with E-state index in [0.717, 1.165) is 36.4 Å². The molecule has 0 unspecified atom stereocenters. The molecule has 0 amide bonds. The molecule has 1 heterocycles. The quantitative estimate of drug-likeness (QED) is 0.398. The summed E-state index contributed by atoms with van der Waals surface area (Å²) in [7, 11) is 0. The molecule has 0 spiro atoms. The van der Waals surface area contributed by atoms with E-state index in [0.29, 0.717) is 26.6 Å². The molecule has 1 N–H and O–H groups in total. The van der Waals surface area contributed by atoms with Crippen LogP contribution < -0.4 is 4.90 Å². The number of aliphatic hydroxyl groups is 1. The van der Waals surface area contributed by atoms with Gasteiger partial charge in [-0.15, -0.1) is 0 Å². The van der Waals surface area contributed by atoms with Gasteiger partial charge in [-0.2, -0.15) is 0 Å². The van der Waals surface area contributed by atoms with Gasteiger partial charge < -0.3 is 10.0 Å². The molecule has 1 aliphatic heterocycles. The van der Waals surface area contributed by atoms with Crippen LogP contribution in [0.1, 0.15) is 24.1 Å². The fraction of sp³-hybridized carbons (Fsp3) is 0.280. The van der Waals surface area contributed by atoms with Crippen LogP contribution in [0.4, 0.5) is 5.69 Å². The molecule has 0 aliphatic carbocycles. The summed E-state index contributed by atoms with van der Waals surface area (Å²) in [5.41, 5.74) is 1.84. The average Bonchev–Trinajstić information content (AvgIpc) is 2.74. The fourth-order valence-corrected chi connectivity index (χ4v) is 5.14. The van der Waals surface area contributed by atoms with Gasteiger partial charge in [0.1, 0.15) is 0 Å². The van der Waals surface area contributed by atoms with E-state index in [2.05, 4.69) is 9.80 Å². The second-order valence-corrected chi connectivity index (χ2v) is 10.1. The zero-order valence-corrected chi connectivity index (χ0v) is 20.6. The van der Waals surface area contributed by atoms with E-state index in [1.807, 2.05) is 67.6 Å². The van der Waals surface area contributed by atoms with Gasteiger partial charge in [0.15, 0.2) is 0 Å². The van der Waals surface area contributed by atoms with Crippen molar-refractivity contribution in [1.82, 2.24) is 4.90 Å². The minimum Gasteiger partial charge on any atom is -0.384 e. The molecule has 3 aromatic rings. The van der Waals surface area contributed by atoms with Crippen LogP contribution in [-0.4, -0.2) is 36.2 Å². The molecule has 0 radical (unpaired) electrons. The Bertz CT molecular complexity index is 1090. The number of halogens is 4. The number of hydrogen-bond donors (Lipinski definition) is 1. The molecule has 3 aromatic carbocycles. The Morgan fingerprint density at radius 1 is 0.875 bits per heavy atom. The molecule has 32 heavy (non-hydrogen) atoms. The molecule has 3 nitrogen and oxygen atoms in total. The SMILES string of the molecule is C[C@@](O)(CN1CCN(c2ccc(Cl)cc2Cl)[C@H](c2ccc(Cl)cc2)C1)c1cccc(Cl)c1. The molecular formula is C25H24Cl4N2O. The molecule has 168 valence electrons. The smallest absolute Gasteiger partial charge is 0.0995 e. The molecule has 2 atom stereocenters. The van der Waals surface area contributed by atoms with Crippen molar-refractivity contribution in [2.75, 3.05) is 31.1 Å². The van der Waals surface area contributed by atoms with Crippen LogP contribution in [-0.2, 0) is 5.60 Å². The standard InChI is InChI=1S/C25H24Cl4N2O/c1-25(32,18-3-2-4-20(27)13-18)16-30-11-12-31(23-10-9-21(28)14-22(23)29)24(15-30)17-5-7-19(26)8-6-17/h2-10,13-14,24,32H,11-12,15-16H2,1H3/t24-,25+/m0/s1. The predicted molar refractivity (Wildman–Crippen MR) is 135 cm³/mol. The summed E-state index contributed by atoms with van der Waals surface area (Å²) in [5, 5.41) is 13.8. The second kappa shape index (κ2) is 9.80. The topological polar surface area (TPSA) is 26.7 Å². The first-order valence-corrected chi connectivity index (χ1v) is 11.9.